The van der Waals surface area contributed by atoms with E-state index in [1.165, 1.54) is 36.0 Å². The first-order chi connectivity index (χ1) is 8.74. The molecule has 1 saturated heterocycles. The van der Waals surface area contributed by atoms with Gasteiger partial charge in [0.25, 0.3) is 0 Å². The van der Waals surface area contributed by atoms with E-state index in [-0.39, 0.29) is 12.1 Å². The number of aliphatic hydroxyl groups is 1. The lowest BCUT2D eigenvalue weighted by Crippen LogP contribution is -2.40. The molecule has 3 nitrogen and oxygen atoms in total. The number of β-amino-alcohol motifs (C(OH)–C–C–N with tert-alkyl or cyclic N) is 1. The summed E-state index contributed by atoms with van der Waals surface area (Å²) in [7, 11) is 2.11. The molecule has 0 spiro atoms. The fraction of sp³-hybridized carbons (Fsp3) is 0.600. The van der Waals surface area contributed by atoms with E-state index < -0.39 is 0 Å². The number of nitrogens with zero attached hydrogens (tertiary/aromatic N) is 1. The number of aryl methyl sites for hydroxylation is 2. The molecule has 0 aromatic heterocycles. The molecular formula is C15H22N2O. The van der Waals surface area contributed by atoms with Crippen LogP contribution in [0.5, 0.6) is 0 Å². The van der Waals surface area contributed by atoms with Crippen LogP contribution in [0, 0.1) is 0 Å². The Morgan fingerprint density at radius 2 is 2.11 bits per heavy atom. The Hall–Kier alpha value is -0.900. The Kier molecular flexibility index (Phi) is 3.37. The van der Waals surface area contributed by atoms with Crippen LogP contribution in [-0.2, 0) is 19.4 Å². The van der Waals surface area contributed by atoms with Crippen molar-refractivity contribution >= 4 is 0 Å². The second kappa shape index (κ2) is 5.00. The Morgan fingerprint density at radius 3 is 2.89 bits per heavy atom. The summed E-state index contributed by atoms with van der Waals surface area (Å²) < 4.78 is 0. The minimum atomic E-state index is -0.232. The van der Waals surface area contributed by atoms with E-state index in [1.54, 1.807) is 0 Å². The Bertz CT molecular complexity index is 433. The number of rotatable bonds is 3. The third-order valence-electron chi connectivity index (χ3n) is 4.31. The highest BCUT2D eigenvalue weighted by Crippen LogP contribution is 2.23. The lowest BCUT2D eigenvalue weighted by atomic mass is 10.1. The first-order valence-electron chi connectivity index (χ1n) is 6.94. The summed E-state index contributed by atoms with van der Waals surface area (Å²) in [6.07, 6.45) is 3.56. The third-order valence-corrected chi connectivity index (χ3v) is 4.31. The predicted molar refractivity (Wildman–Crippen MR) is 72.6 cm³/mol. The van der Waals surface area contributed by atoms with Crippen LogP contribution in [0.1, 0.15) is 23.1 Å². The van der Waals surface area contributed by atoms with Gasteiger partial charge in [0.1, 0.15) is 0 Å². The fourth-order valence-corrected chi connectivity index (χ4v) is 3.23. The summed E-state index contributed by atoms with van der Waals surface area (Å²) in [4.78, 5) is 2.27. The Morgan fingerprint density at radius 1 is 1.28 bits per heavy atom. The average Bonchev–Trinajstić information content (AvgIpc) is 2.96. The molecule has 1 aromatic carbocycles. The monoisotopic (exact) mass is 246 g/mol. The van der Waals surface area contributed by atoms with Gasteiger partial charge in [0.2, 0.25) is 0 Å². The molecule has 0 radical (unpaired) electrons. The normalized spacial score (nSPS) is 26.8. The second-order valence-corrected chi connectivity index (χ2v) is 5.66. The standard InChI is InChI=1S/C15H22N2O/c1-17(14-8-16-9-15(14)18)10-11-5-6-12-3-2-4-13(12)7-11/h5-7,14-16,18H,2-4,8-10H2,1H3/t14-,15-/m1/s1. The fourth-order valence-electron chi connectivity index (χ4n) is 3.23. The van der Waals surface area contributed by atoms with Gasteiger partial charge in [-0.1, -0.05) is 18.2 Å². The van der Waals surface area contributed by atoms with Crippen molar-refractivity contribution < 1.29 is 5.11 Å². The minimum Gasteiger partial charge on any atom is -0.390 e. The summed E-state index contributed by atoms with van der Waals surface area (Å²) in [5.74, 6) is 0. The first-order valence-corrected chi connectivity index (χ1v) is 6.94. The van der Waals surface area contributed by atoms with Gasteiger partial charge in [-0.05, 0) is 43.0 Å². The summed E-state index contributed by atoms with van der Waals surface area (Å²) >= 11 is 0. The van der Waals surface area contributed by atoms with Gasteiger partial charge in [0, 0.05) is 25.7 Å². The van der Waals surface area contributed by atoms with Crippen LogP contribution in [0.3, 0.4) is 0 Å². The molecule has 1 aromatic rings. The van der Waals surface area contributed by atoms with E-state index in [2.05, 4.69) is 35.5 Å². The SMILES string of the molecule is CN(Cc1ccc2c(c1)CCC2)[C@@H]1CNC[C@H]1O. The van der Waals surface area contributed by atoms with Gasteiger partial charge in [0.05, 0.1) is 6.10 Å². The van der Waals surface area contributed by atoms with E-state index in [0.717, 1.165) is 19.6 Å². The number of likely N-dealkylation sites (N-methyl/N-ethyl adjacent to an activating group) is 1. The highest BCUT2D eigenvalue weighted by molar-refractivity contribution is 5.35. The zero-order valence-electron chi connectivity index (χ0n) is 11.0. The molecular weight excluding hydrogens is 224 g/mol. The topological polar surface area (TPSA) is 35.5 Å². The predicted octanol–water partition coefficient (Wildman–Crippen LogP) is 0.940. The van der Waals surface area contributed by atoms with E-state index in [4.69, 9.17) is 0 Å². The zero-order chi connectivity index (χ0) is 12.5. The van der Waals surface area contributed by atoms with Crippen LogP contribution in [0.25, 0.3) is 0 Å². The molecule has 3 rings (SSSR count). The Labute approximate surface area is 109 Å². The molecule has 3 heteroatoms. The van der Waals surface area contributed by atoms with Crippen LogP contribution < -0.4 is 5.32 Å². The second-order valence-electron chi connectivity index (χ2n) is 5.66. The van der Waals surface area contributed by atoms with Gasteiger partial charge in [-0.25, -0.2) is 0 Å². The highest BCUT2D eigenvalue weighted by Gasteiger charge is 2.28. The van der Waals surface area contributed by atoms with Gasteiger partial charge in [0.15, 0.2) is 0 Å². The van der Waals surface area contributed by atoms with Crippen molar-refractivity contribution in [1.29, 1.82) is 0 Å². The number of fused-ring (bicyclic) bond motifs is 1. The van der Waals surface area contributed by atoms with Crippen molar-refractivity contribution in [2.45, 2.75) is 38.0 Å². The van der Waals surface area contributed by atoms with Crippen molar-refractivity contribution in [3.8, 4) is 0 Å². The molecule has 1 aliphatic heterocycles. The van der Waals surface area contributed by atoms with Crippen LogP contribution >= 0.6 is 0 Å². The van der Waals surface area contributed by atoms with Crippen LogP contribution in [0.2, 0.25) is 0 Å². The van der Waals surface area contributed by atoms with E-state index >= 15 is 0 Å². The lowest BCUT2D eigenvalue weighted by Gasteiger charge is -2.26. The van der Waals surface area contributed by atoms with Crippen LogP contribution in [0.15, 0.2) is 18.2 Å². The van der Waals surface area contributed by atoms with Crippen molar-refractivity contribution in [2.24, 2.45) is 0 Å². The maximum absolute atomic E-state index is 9.89. The molecule has 2 N–H and O–H groups in total. The third kappa shape index (κ3) is 2.30. The van der Waals surface area contributed by atoms with Crippen molar-refractivity contribution in [1.82, 2.24) is 10.2 Å². The first kappa shape index (κ1) is 12.2. The van der Waals surface area contributed by atoms with Gasteiger partial charge < -0.3 is 10.4 Å². The molecule has 1 heterocycles. The molecule has 0 unspecified atom stereocenters. The number of nitrogens with one attached hydrogen (secondary N) is 1. The molecule has 98 valence electrons. The average molecular weight is 246 g/mol. The number of benzene rings is 1. The maximum Gasteiger partial charge on any atom is 0.0831 e. The quantitative estimate of drug-likeness (QED) is 0.833. The van der Waals surface area contributed by atoms with Crippen molar-refractivity contribution in [3.63, 3.8) is 0 Å². The van der Waals surface area contributed by atoms with E-state index in [0.29, 0.717) is 0 Å². The van der Waals surface area contributed by atoms with Gasteiger partial charge in [-0.15, -0.1) is 0 Å². The van der Waals surface area contributed by atoms with E-state index in [1.807, 2.05) is 0 Å². The van der Waals surface area contributed by atoms with Gasteiger partial charge in [-0.2, -0.15) is 0 Å². The number of aliphatic hydroxyl groups excluding tert-OH is 1. The number of hydrogen-bond donors (Lipinski definition) is 2. The molecule has 0 bridgehead atoms. The largest absolute Gasteiger partial charge is 0.390 e. The Balaban J connectivity index is 1.68. The van der Waals surface area contributed by atoms with Crippen LogP contribution in [0.4, 0.5) is 0 Å². The minimum absolute atomic E-state index is 0.232. The summed E-state index contributed by atoms with van der Waals surface area (Å²) in [6.45, 7) is 2.54. The van der Waals surface area contributed by atoms with E-state index in [9.17, 15) is 5.11 Å². The molecule has 0 amide bonds. The van der Waals surface area contributed by atoms with Gasteiger partial charge in [-0.3, -0.25) is 4.90 Å². The number of hydrogen-bond acceptors (Lipinski definition) is 3. The lowest BCUT2D eigenvalue weighted by molar-refractivity contribution is 0.0955. The molecule has 1 aliphatic carbocycles. The van der Waals surface area contributed by atoms with Gasteiger partial charge >= 0.3 is 0 Å². The molecule has 1 fully saturated rings. The summed E-state index contributed by atoms with van der Waals surface area (Å²) in [5, 5.41) is 13.1. The van der Waals surface area contributed by atoms with Crippen LogP contribution in [-0.4, -0.2) is 42.3 Å². The molecule has 2 atom stereocenters. The molecule has 18 heavy (non-hydrogen) atoms. The summed E-state index contributed by atoms with van der Waals surface area (Å²) in [6, 6.07) is 7.14. The summed E-state index contributed by atoms with van der Waals surface area (Å²) in [5.41, 5.74) is 4.44. The zero-order valence-corrected chi connectivity index (χ0v) is 11.0. The van der Waals surface area contributed by atoms with Crippen molar-refractivity contribution in [3.05, 3.63) is 34.9 Å². The molecule has 0 saturated carbocycles. The van der Waals surface area contributed by atoms with Crippen molar-refractivity contribution in [2.75, 3.05) is 20.1 Å². The highest BCUT2D eigenvalue weighted by atomic mass is 16.3. The molecule has 2 aliphatic rings. The smallest absolute Gasteiger partial charge is 0.0831 e. The maximum atomic E-state index is 9.89.